The van der Waals surface area contributed by atoms with E-state index >= 15 is 0 Å². The second kappa shape index (κ2) is 6.39. The summed E-state index contributed by atoms with van der Waals surface area (Å²) in [5, 5.41) is 9.26. The van der Waals surface area contributed by atoms with Crippen molar-refractivity contribution in [2.75, 3.05) is 31.7 Å². The number of carboxylic acids is 1. The lowest BCUT2D eigenvalue weighted by Gasteiger charge is -2.21. The van der Waals surface area contributed by atoms with Crippen molar-refractivity contribution >= 4 is 27.6 Å². The molecule has 104 valence electrons. The van der Waals surface area contributed by atoms with Gasteiger partial charge in [-0.25, -0.2) is 4.79 Å². The number of likely N-dealkylation sites (N-methyl/N-ethyl adjacent to an activating group) is 1. The largest absolute Gasteiger partial charge is 0.478 e. The predicted octanol–water partition coefficient (Wildman–Crippen LogP) is 3.01. The standard InChI is InChI=1S/C14H18BrNO3/c1-16(7-8-19-9-10-5-6-10)12-4-2-3-11(15)13(12)14(17)18/h2-4,10H,5-9H2,1H3,(H,17,18). The van der Waals surface area contributed by atoms with Crippen LogP contribution in [0.5, 0.6) is 0 Å². The highest BCUT2D eigenvalue weighted by atomic mass is 79.9. The van der Waals surface area contributed by atoms with Crippen LogP contribution in [-0.2, 0) is 4.74 Å². The molecule has 4 nitrogen and oxygen atoms in total. The molecule has 1 saturated carbocycles. The van der Waals surface area contributed by atoms with Crippen LogP contribution in [0.15, 0.2) is 22.7 Å². The Kier molecular flexibility index (Phi) is 4.82. The molecule has 0 aromatic heterocycles. The van der Waals surface area contributed by atoms with Crippen molar-refractivity contribution in [3.63, 3.8) is 0 Å². The van der Waals surface area contributed by atoms with Crippen molar-refractivity contribution in [3.05, 3.63) is 28.2 Å². The van der Waals surface area contributed by atoms with Crippen LogP contribution in [0.4, 0.5) is 5.69 Å². The van der Waals surface area contributed by atoms with Gasteiger partial charge < -0.3 is 14.7 Å². The molecular weight excluding hydrogens is 310 g/mol. The highest BCUT2D eigenvalue weighted by molar-refractivity contribution is 9.10. The number of carboxylic acid groups (broad SMARTS) is 1. The number of carbonyl (C=O) groups is 1. The molecule has 1 fully saturated rings. The fourth-order valence-electron chi connectivity index (χ4n) is 1.90. The first-order valence-electron chi connectivity index (χ1n) is 6.40. The molecule has 0 saturated heterocycles. The summed E-state index contributed by atoms with van der Waals surface area (Å²) in [6.07, 6.45) is 2.56. The van der Waals surface area contributed by atoms with Gasteiger partial charge in [-0.1, -0.05) is 6.07 Å². The van der Waals surface area contributed by atoms with Crippen LogP contribution in [0.3, 0.4) is 0 Å². The minimum Gasteiger partial charge on any atom is -0.478 e. The van der Waals surface area contributed by atoms with Crippen LogP contribution in [0.25, 0.3) is 0 Å². The average molecular weight is 328 g/mol. The Morgan fingerprint density at radius 2 is 2.26 bits per heavy atom. The summed E-state index contributed by atoms with van der Waals surface area (Å²) in [4.78, 5) is 13.2. The molecular formula is C14H18BrNO3. The molecule has 0 atom stereocenters. The van der Waals surface area contributed by atoms with Crippen molar-refractivity contribution < 1.29 is 14.6 Å². The Morgan fingerprint density at radius 3 is 2.89 bits per heavy atom. The maximum absolute atomic E-state index is 11.3. The zero-order valence-electron chi connectivity index (χ0n) is 10.9. The van der Waals surface area contributed by atoms with E-state index in [1.54, 1.807) is 6.07 Å². The number of hydrogen-bond acceptors (Lipinski definition) is 3. The molecule has 0 amide bonds. The Bertz CT molecular complexity index is 460. The molecule has 0 unspecified atom stereocenters. The van der Waals surface area contributed by atoms with Crippen LogP contribution in [0, 0.1) is 5.92 Å². The number of benzene rings is 1. The molecule has 1 aliphatic rings. The van der Waals surface area contributed by atoms with Gasteiger partial charge in [0.25, 0.3) is 0 Å². The first-order valence-corrected chi connectivity index (χ1v) is 7.19. The topological polar surface area (TPSA) is 49.8 Å². The van der Waals surface area contributed by atoms with E-state index in [9.17, 15) is 9.90 Å². The van der Waals surface area contributed by atoms with Gasteiger partial charge in [-0.2, -0.15) is 0 Å². The molecule has 0 radical (unpaired) electrons. The molecule has 0 spiro atoms. The van der Waals surface area contributed by atoms with E-state index in [1.165, 1.54) is 12.8 Å². The van der Waals surface area contributed by atoms with Crippen molar-refractivity contribution in [2.24, 2.45) is 5.92 Å². The summed E-state index contributed by atoms with van der Waals surface area (Å²) in [6.45, 7) is 2.14. The van der Waals surface area contributed by atoms with E-state index in [4.69, 9.17) is 4.74 Å². The third-order valence-electron chi connectivity index (χ3n) is 3.24. The summed E-state index contributed by atoms with van der Waals surface area (Å²) in [6, 6.07) is 5.40. The van der Waals surface area contributed by atoms with Gasteiger partial charge in [0.05, 0.1) is 17.9 Å². The van der Waals surface area contributed by atoms with Gasteiger partial charge in [0, 0.05) is 24.7 Å². The second-order valence-corrected chi connectivity index (χ2v) is 5.73. The first-order chi connectivity index (χ1) is 9.09. The van der Waals surface area contributed by atoms with Crippen LogP contribution < -0.4 is 4.90 Å². The van der Waals surface area contributed by atoms with Crippen LogP contribution in [-0.4, -0.2) is 37.9 Å². The van der Waals surface area contributed by atoms with Crippen molar-refractivity contribution in [3.8, 4) is 0 Å². The van der Waals surface area contributed by atoms with Gasteiger partial charge >= 0.3 is 5.97 Å². The maximum atomic E-state index is 11.3. The lowest BCUT2D eigenvalue weighted by Crippen LogP contribution is -2.25. The lowest BCUT2D eigenvalue weighted by molar-refractivity contribution is 0.0696. The maximum Gasteiger partial charge on any atom is 0.338 e. The van der Waals surface area contributed by atoms with Crippen LogP contribution in [0.2, 0.25) is 0 Å². The number of hydrogen-bond donors (Lipinski definition) is 1. The van der Waals surface area contributed by atoms with Crippen molar-refractivity contribution in [1.82, 2.24) is 0 Å². The molecule has 0 heterocycles. The SMILES string of the molecule is CN(CCOCC1CC1)c1cccc(Br)c1C(=O)O. The van der Waals surface area contributed by atoms with Gasteiger partial charge in [-0.05, 0) is 46.8 Å². The molecule has 1 aromatic carbocycles. The minimum atomic E-state index is -0.923. The fraction of sp³-hybridized carbons (Fsp3) is 0.500. The predicted molar refractivity (Wildman–Crippen MR) is 77.9 cm³/mol. The Labute approximate surface area is 121 Å². The highest BCUT2D eigenvalue weighted by Crippen LogP contribution is 2.29. The number of ether oxygens (including phenoxy) is 1. The molecule has 19 heavy (non-hydrogen) atoms. The third-order valence-corrected chi connectivity index (χ3v) is 3.90. The monoisotopic (exact) mass is 327 g/mol. The third kappa shape index (κ3) is 3.94. The zero-order valence-corrected chi connectivity index (χ0v) is 12.5. The summed E-state index contributed by atoms with van der Waals surface area (Å²) in [7, 11) is 1.88. The summed E-state index contributed by atoms with van der Waals surface area (Å²) < 4.78 is 6.18. The van der Waals surface area contributed by atoms with Gasteiger partial charge in [0.15, 0.2) is 0 Å². The normalized spacial score (nSPS) is 14.4. The van der Waals surface area contributed by atoms with E-state index in [0.29, 0.717) is 28.9 Å². The second-order valence-electron chi connectivity index (χ2n) is 4.88. The lowest BCUT2D eigenvalue weighted by atomic mass is 10.1. The number of anilines is 1. The van der Waals surface area contributed by atoms with Gasteiger partial charge in [0.2, 0.25) is 0 Å². The number of rotatable bonds is 7. The first kappa shape index (κ1) is 14.3. The van der Waals surface area contributed by atoms with E-state index in [2.05, 4.69) is 15.9 Å². The molecule has 2 rings (SSSR count). The summed E-state index contributed by atoms with van der Waals surface area (Å²) in [5.74, 6) is -0.168. The summed E-state index contributed by atoms with van der Waals surface area (Å²) >= 11 is 3.29. The minimum absolute atomic E-state index is 0.298. The van der Waals surface area contributed by atoms with Crippen LogP contribution in [0.1, 0.15) is 23.2 Å². The Morgan fingerprint density at radius 1 is 1.53 bits per heavy atom. The van der Waals surface area contributed by atoms with Crippen molar-refractivity contribution in [2.45, 2.75) is 12.8 Å². The Hall–Kier alpha value is -1.07. The fourth-order valence-corrected chi connectivity index (χ4v) is 2.42. The van der Waals surface area contributed by atoms with Gasteiger partial charge in [-0.15, -0.1) is 0 Å². The van der Waals surface area contributed by atoms with Crippen molar-refractivity contribution in [1.29, 1.82) is 0 Å². The smallest absolute Gasteiger partial charge is 0.338 e. The van der Waals surface area contributed by atoms with E-state index in [0.717, 1.165) is 12.5 Å². The molecule has 5 heteroatoms. The van der Waals surface area contributed by atoms with E-state index in [1.807, 2.05) is 24.1 Å². The van der Waals surface area contributed by atoms with Gasteiger partial charge in [0.1, 0.15) is 0 Å². The number of halogens is 1. The average Bonchev–Trinajstić information content (AvgIpc) is 3.17. The Balaban J connectivity index is 1.95. The van der Waals surface area contributed by atoms with E-state index in [-0.39, 0.29) is 0 Å². The van der Waals surface area contributed by atoms with Gasteiger partial charge in [-0.3, -0.25) is 0 Å². The summed E-state index contributed by atoms with van der Waals surface area (Å²) in [5.41, 5.74) is 1.00. The quantitative estimate of drug-likeness (QED) is 0.782. The number of aromatic carboxylic acids is 1. The zero-order chi connectivity index (χ0) is 13.8. The molecule has 0 bridgehead atoms. The molecule has 0 aliphatic heterocycles. The highest BCUT2D eigenvalue weighted by Gasteiger charge is 2.21. The molecule has 1 N–H and O–H groups in total. The van der Waals surface area contributed by atoms with Crippen LogP contribution >= 0.6 is 15.9 Å². The molecule has 1 aliphatic carbocycles. The van der Waals surface area contributed by atoms with E-state index < -0.39 is 5.97 Å². The number of nitrogens with zero attached hydrogens (tertiary/aromatic N) is 1. The molecule has 1 aromatic rings.